The molecule has 140 valence electrons. The lowest BCUT2D eigenvalue weighted by Crippen LogP contribution is -2.65. The summed E-state index contributed by atoms with van der Waals surface area (Å²) in [5.74, 6) is -2.59. The number of likely N-dealkylation sites (tertiary alicyclic amines) is 2. The number of anilines is 1. The summed E-state index contributed by atoms with van der Waals surface area (Å²) in [6.45, 7) is 0.938. The third kappa shape index (κ3) is 2.21. The van der Waals surface area contributed by atoms with Gasteiger partial charge in [0.15, 0.2) is 5.54 Å². The van der Waals surface area contributed by atoms with Crippen LogP contribution in [0, 0.1) is 0 Å². The minimum absolute atomic E-state index is 0.108. The molecule has 0 spiro atoms. The number of halogens is 3. The molecule has 3 heterocycles. The Labute approximate surface area is 146 Å². The van der Waals surface area contributed by atoms with Crippen molar-refractivity contribution in [2.45, 2.75) is 30.2 Å². The highest BCUT2D eigenvalue weighted by atomic mass is 19.4. The second kappa shape index (κ2) is 5.34. The lowest BCUT2D eigenvalue weighted by Gasteiger charge is -2.39. The van der Waals surface area contributed by atoms with Gasteiger partial charge >= 0.3 is 6.18 Å². The maximum Gasteiger partial charge on any atom is 0.416 e. The number of hydrazine groups is 1. The molecule has 0 saturated carbocycles. The van der Waals surface area contributed by atoms with Gasteiger partial charge in [-0.05, 0) is 31.7 Å². The van der Waals surface area contributed by atoms with E-state index in [9.17, 15) is 27.9 Å². The Morgan fingerprint density at radius 1 is 1.27 bits per heavy atom. The first-order valence-electron chi connectivity index (χ1n) is 8.12. The van der Waals surface area contributed by atoms with E-state index in [0.29, 0.717) is 25.6 Å². The molecule has 0 aliphatic carbocycles. The number of hydrogen-bond acceptors (Lipinski definition) is 6. The Bertz CT molecular complexity index is 797. The molecule has 2 fully saturated rings. The number of piperazine rings is 1. The first kappa shape index (κ1) is 17.1. The number of carbonyl (C=O) groups excluding carboxylic acids is 2. The highest BCUT2D eigenvalue weighted by Crippen LogP contribution is 2.41. The zero-order valence-electron chi connectivity index (χ0n) is 13.8. The van der Waals surface area contributed by atoms with Gasteiger partial charge in [-0.1, -0.05) is 0 Å². The summed E-state index contributed by atoms with van der Waals surface area (Å²) in [7, 11) is 1.92. The number of nitrogens with zero attached hydrogens (tertiary/aromatic N) is 2. The molecule has 2 bridgehead atoms. The van der Waals surface area contributed by atoms with Gasteiger partial charge in [-0.25, -0.2) is 5.43 Å². The number of fused-ring (bicyclic) bond motifs is 3. The van der Waals surface area contributed by atoms with Crippen LogP contribution < -0.4 is 16.0 Å². The first-order valence-corrected chi connectivity index (χ1v) is 8.12. The number of nitrogens with one attached hydrogen (secondary N) is 2. The zero-order chi connectivity index (χ0) is 18.9. The standard InChI is InChI=1S/C16H17F3N4O3/c1-22-6-10-5-9(22)7-23(10)13(24)15(14(25)26)11-4-8(16(17,18)19)2-3-12(11)20-21-15/h2-4,9-10,20-21H,5-7H2,1H3,(H,25,26)/p-1/t9-,10-,15?/m0/s1. The maximum absolute atomic E-state index is 13.1. The number of benzene rings is 1. The van der Waals surface area contributed by atoms with Gasteiger partial charge in [0.2, 0.25) is 0 Å². The van der Waals surface area contributed by atoms with Gasteiger partial charge in [-0.15, -0.1) is 0 Å². The summed E-state index contributed by atoms with van der Waals surface area (Å²) in [6.07, 6.45) is -3.94. The number of alkyl halides is 3. The smallest absolute Gasteiger partial charge is 0.416 e. The molecule has 10 heteroatoms. The lowest BCUT2D eigenvalue weighted by molar-refractivity contribution is -0.313. The lowest BCUT2D eigenvalue weighted by atomic mass is 9.87. The van der Waals surface area contributed by atoms with Crippen molar-refractivity contribution in [2.24, 2.45) is 0 Å². The summed E-state index contributed by atoms with van der Waals surface area (Å²) >= 11 is 0. The van der Waals surface area contributed by atoms with E-state index >= 15 is 0 Å². The van der Waals surface area contributed by atoms with Gasteiger partial charge in [0.25, 0.3) is 5.91 Å². The highest BCUT2D eigenvalue weighted by molar-refractivity contribution is 6.09. The van der Waals surface area contributed by atoms with E-state index in [-0.39, 0.29) is 23.3 Å². The quantitative estimate of drug-likeness (QED) is 0.684. The van der Waals surface area contributed by atoms with E-state index in [1.807, 2.05) is 7.05 Å². The van der Waals surface area contributed by atoms with Crippen molar-refractivity contribution in [3.63, 3.8) is 0 Å². The van der Waals surface area contributed by atoms with E-state index in [4.69, 9.17) is 0 Å². The zero-order valence-corrected chi connectivity index (χ0v) is 13.8. The van der Waals surface area contributed by atoms with Crippen LogP contribution >= 0.6 is 0 Å². The van der Waals surface area contributed by atoms with Crippen molar-refractivity contribution >= 4 is 17.6 Å². The van der Waals surface area contributed by atoms with E-state index < -0.39 is 29.2 Å². The number of likely N-dealkylation sites (N-methyl/N-ethyl adjacent to an activating group) is 1. The SMILES string of the molecule is CN1C[C@@H]2C[C@H]1CN2C(=O)C1(C(=O)[O-])NNc2ccc(C(F)(F)F)cc21. The molecule has 7 nitrogen and oxygen atoms in total. The van der Waals surface area contributed by atoms with E-state index in [1.54, 1.807) is 0 Å². The molecule has 1 amide bonds. The van der Waals surface area contributed by atoms with Crippen LogP contribution in [-0.4, -0.2) is 53.9 Å². The molecule has 3 aliphatic rings. The number of aliphatic carboxylic acids is 1. The third-order valence-electron chi connectivity index (χ3n) is 5.54. The first-order chi connectivity index (χ1) is 12.1. The summed E-state index contributed by atoms with van der Waals surface area (Å²) in [5, 5.41) is 12.0. The fourth-order valence-electron chi connectivity index (χ4n) is 4.12. The van der Waals surface area contributed by atoms with Crippen molar-refractivity contribution in [1.82, 2.24) is 15.2 Å². The number of carboxylic acids is 1. The van der Waals surface area contributed by atoms with Gasteiger partial charge < -0.3 is 20.2 Å². The fraction of sp³-hybridized carbons (Fsp3) is 0.500. The molecule has 1 aromatic carbocycles. The van der Waals surface area contributed by atoms with Crippen LogP contribution in [0.3, 0.4) is 0 Å². The molecular formula is C16H16F3N4O3-. The molecule has 0 radical (unpaired) electrons. The largest absolute Gasteiger partial charge is 0.547 e. The summed E-state index contributed by atoms with van der Waals surface area (Å²) in [6, 6.07) is 2.59. The Morgan fingerprint density at radius 2 is 2.00 bits per heavy atom. The molecule has 0 aromatic heterocycles. The third-order valence-corrected chi connectivity index (χ3v) is 5.54. The van der Waals surface area contributed by atoms with Crippen molar-refractivity contribution in [3.05, 3.63) is 29.3 Å². The topological polar surface area (TPSA) is 87.7 Å². The van der Waals surface area contributed by atoms with Gasteiger partial charge in [0.1, 0.15) is 0 Å². The normalized spacial score (nSPS) is 30.4. The van der Waals surface area contributed by atoms with Crippen LogP contribution in [0.2, 0.25) is 0 Å². The number of rotatable bonds is 2. The average Bonchev–Trinajstić information content (AvgIpc) is 3.24. The minimum atomic E-state index is -4.66. The molecule has 1 aromatic rings. The molecule has 3 atom stereocenters. The summed E-state index contributed by atoms with van der Waals surface area (Å²) in [4.78, 5) is 28.6. The van der Waals surface area contributed by atoms with Gasteiger partial charge in [-0.3, -0.25) is 9.69 Å². The number of carboxylic acid groups (broad SMARTS) is 1. The number of carbonyl (C=O) groups is 2. The van der Waals surface area contributed by atoms with Crippen LogP contribution in [0.25, 0.3) is 0 Å². The molecule has 2 saturated heterocycles. The van der Waals surface area contributed by atoms with Crippen molar-refractivity contribution in [3.8, 4) is 0 Å². The Hall–Kier alpha value is -2.33. The van der Waals surface area contributed by atoms with E-state index in [0.717, 1.165) is 12.1 Å². The van der Waals surface area contributed by atoms with Gasteiger partial charge in [-0.2, -0.15) is 13.2 Å². The highest BCUT2D eigenvalue weighted by Gasteiger charge is 2.54. The Morgan fingerprint density at radius 3 is 2.54 bits per heavy atom. The van der Waals surface area contributed by atoms with Crippen LogP contribution in [0.1, 0.15) is 17.5 Å². The van der Waals surface area contributed by atoms with Crippen LogP contribution in [0.4, 0.5) is 18.9 Å². The van der Waals surface area contributed by atoms with E-state index in [1.165, 1.54) is 4.90 Å². The van der Waals surface area contributed by atoms with Crippen molar-refractivity contribution in [2.75, 3.05) is 25.6 Å². The second-order valence-corrected chi connectivity index (χ2v) is 6.99. The number of hydrogen-bond donors (Lipinski definition) is 2. The van der Waals surface area contributed by atoms with Crippen LogP contribution in [-0.2, 0) is 21.3 Å². The molecule has 26 heavy (non-hydrogen) atoms. The van der Waals surface area contributed by atoms with Crippen LogP contribution in [0.5, 0.6) is 0 Å². The minimum Gasteiger partial charge on any atom is -0.547 e. The summed E-state index contributed by atoms with van der Waals surface area (Å²) < 4.78 is 39.2. The number of amides is 1. The van der Waals surface area contributed by atoms with Crippen LogP contribution in [0.15, 0.2) is 18.2 Å². The Balaban J connectivity index is 1.76. The monoisotopic (exact) mass is 369 g/mol. The van der Waals surface area contributed by atoms with Gasteiger partial charge in [0.05, 0.1) is 17.2 Å². The van der Waals surface area contributed by atoms with Crippen molar-refractivity contribution in [1.29, 1.82) is 0 Å². The second-order valence-electron chi connectivity index (χ2n) is 6.99. The fourth-order valence-corrected chi connectivity index (χ4v) is 4.12. The average molecular weight is 369 g/mol. The van der Waals surface area contributed by atoms with Gasteiger partial charge in [0, 0.05) is 30.7 Å². The molecule has 4 rings (SSSR count). The predicted octanol–water partition coefficient (Wildman–Crippen LogP) is -0.504. The predicted molar refractivity (Wildman–Crippen MR) is 81.4 cm³/mol. The molecule has 3 aliphatic heterocycles. The molecule has 2 N–H and O–H groups in total. The Kier molecular flexibility index (Phi) is 3.51. The maximum atomic E-state index is 13.1. The van der Waals surface area contributed by atoms with E-state index in [2.05, 4.69) is 15.8 Å². The summed E-state index contributed by atoms with van der Waals surface area (Å²) in [5.41, 5.74) is 1.30. The molecule has 1 unspecified atom stereocenters. The van der Waals surface area contributed by atoms with Crippen molar-refractivity contribution < 1.29 is 27.9 Å². The molecular weight excluding hydrogens is 353 g/mol.